The van der Waals surface area contributed by atoms with Gasteiger partial charge >= 0.3 is 12.4 Å². The van der Waals surface area contributed by atoms with Gasteiger partial charge < -0.3 is 71.0 Å². The van der Waals surface area contributed by atoms with Crippen LogP contribution in [-0.2, 0) is 39.3 Å². The number of rotatable bonds is 34. The van der Waals surface area contributed by atoms with Gasteiger partial charge in [-0.2, -0.15) is 41.3 Å². The maximum atomic E-state index is 13.0. The Morgan fingerprint density at radius 2 is 0.649 bits per heavy atom. The van der Waals surface area contributed by atoms with E-state index in [-0.39, 0.29) is 101 Å². The monoisotopic (exact) mass is 2000 g/mol. The molecule has 12 rings (SSSR count). The van der Waals surface area contributed by atoms with Crippen LogP contribution in [0.15, 0.2) is 142 Å². The van der Waals surface area contributed by atoms with Crippen molar-refractivity contribution in [3.8, 4) is 17.2 Å². The number of aliphatic hydroxyl groups is 2. The number of ether oxygens (including phenoxy) is 3. The number of aromatic nitrogens is 6. The number of para-hydroxylation sites is 3. The molecule has 3 fully saturated rings. The van der Waals surface area contributed by atoms with Gasteiger partial charge in [0.2, 0.25) is 17.8 Å². The first-order valence-corrected chi connectivity index (χ1v) is 52.1. The summed E-state index contributed by atoms with van der Waals surface area (Å²) in [6.07, 6.45) is -4.40. The maximum Gasteiger partial charge on any atom is 0.415 e. The van der Waals surface area contributed by atoms with Crippen LogP contribution >= 0.6 is 34.8 Å². The molecule has 8 N–H and O–H groups in total. The van der Waals surface area contributed by atoms with E-state index in [1.807, 2.05) is 85.7 Å². The van der Waals surface area contributed by atoms with Crippen LogP contribution in [0.4, 0.5) is 95.8 Å². The van der Waals surface area contributed by atoms with Gasteiger partial charge in [-0.3, -0.25) is 0 Å². The summed E-state index contributed by atoms with van der Waals surface area (Å²) < 4.78 is 196. The minimum absolute atomic E-state index is 0.0771. The van der Waals surface area contributed by atoms with Crippen molar-refractivity contribution >= 4 is 144 Å². The minimum Gasteiger partial charge on any atom is -0.489 e. The highest BCUT2D eigenvalue weighted by Crippen LogP contribution is 2.45. The molecule has 732 valence electrons. The molecule has 2 atom stereocenters. The number of sulfone groups is 4. The highest BCUT2D eigenvalue weighted by molar-refractivity contribution is 7.92. The number of hydrogen-bond acceptors (Lipinski definition) is 28. The first-order valence-electron chi connectivity index (χ1n) is 44.2. The molecule has 0 bridgehead atoms. The number of anilines is 12. The predicted octanol–water partition coefficient (Wildman–Crippen LogP) is 20.1. The Bertz CT molecular complexity index is 5800. The maximum absolute atomic E-state index is 13.0. The van der Waals surface area contributed by atoms with Gasteiger partial charge in [0, 0.05) is 25.9 Å². The zero-order valence-corrected chi connectivity index (χ0v) is 83.3. The molecule has 134 heavy (non-hydrogen) atoms. The summed E-state index contributed by atoms with van der Waals surface area (Å²) >= 11 is 19.3. The second-order valence-electron chi connectivity index (χ2n) is 35.3. The fourth-order valence-electron chi connectivity index (χ4n) is 15.6. The van der Waals surface area contributed by atoms with Crippen LogP contribution in [0.5, 0.6) is 17.2 Å². The lowest BCUT2D eigenvalue weighted by atomic mass is 9.86. The topological polar surface area (TPSA) is 364 Å². The van der Waals surface area contributed by atoms with Gasteiger partial charge in [0.25, 0.3) is 0 Å². The largest absolute Gasteiger partial charge is 0.489 e. The Kier molecular flexibility index (Phi) is 36.6. The predicted molar refractivity (Wildman–Crippen MR) is 517 cm³/mol. The second kappa shape index (κ2) is 45.8. The number of aryl methyl sites for hydroxylation is 3. The molecule has 6 aromatic carbocycles. The molecule has 0 spiro atoms. The lowest BCUT2D eigenvalue weighted by Gasteiger charge is -2.34. The molecule has 41 heteroatoms. The van der Waals surface area contributed by atoms with E-state index >= 15 is 0 Å². The summed E-state index contributed by atoms with van der Waals surface area (Å²) in [4.78, 5) is 32.5. The highest BCUT2D eigenvalue weighted by atomic mass is 35.5. The normalized spacial score (nSPS) is 15.6. The molecule has 0 unspecified atom stereocenters. The molecular weight excluding hydrogens is 1880 g/mol. The van der Waals surface area contributed by atoms with Gasteiger partial charge in [-0.25, -0.2) is 48.6 Å². The summed E-state index contributed by atoms with van der Waals surface area (Å²) in [6, 6.07) is 31.6. The average molecular weight is 2000 g/mol. The van der Waals surface area contributed by atoms with Gasteiger partial charge in [0.1, 0.15) is 42.2 Å². The third kappa shape index (κ3) is 29.0. The minimum atomic E-state index is -4.64. The van der Waals surface area contributed by atoms with Crippen molar-refractivity contribution in [1.82, 2.24) is 44.6 Å². The molecule has 0 amide bonds. The van der Waals surface area contributed by atoms with Crippen molar-refractivity contribution < 1.29 is 84.4 Å². The Balaban J connectivity index is 0.000000208. The van der Waals surface area contributed by atoms with Gasteiger partial charge in [0.15, 0.2) is 59.2 Å². The number of likely N-dealkylation sites (tertiary alicyclic amines) is 3. The molecule has 0 aliphatic carbocycles. The van der Waals surface area contributed by atoms with Crippen molar-refractivity contribution in [2.24, 2.45) is 0 Å². The van der Waals surface area contributed by atoms with Crippen molar-refractivity contribution in [3.63, 3.8) is 0 Å². The van der Waals surface area contributed by atoms with Gasteiger partial charge in [-0.1, -0.05) is 71.2 Å². The third-order valence-corrected chi connectivity index (χ3v) is 31.2. The number of aliphatic hydroxyl groups excluding tert-OH is 2. The molecule has 3 aliphatic heterocycles. The SMILES string of the molecule is Cc1cc(Nc2ncc(Cl)c(Nc3ccccc3S(=O)(=O)C(C)C)n2)c(OC(C)C)cc1C1CCN(CCS(C)(=O)=O)CC1.Cc1cc(Nc2ncc(Cl)c(Nc3ccccc3S(=O)(=O)C(C)C)n2)c(OC(C)C)cc1C1CCN(C[C@@H](O)C(F)(F)F)CC1.Cc1cc(Nc2ncc(Cl)c(Nc3ccccc3S(=O)(=O)C(C)C)n2)c(OC(C)C)cc1C1CCN(C[C@H](O)C(F)(F)F)CC1. The van der Waals surface area contributed by atoms with Crippen LogP contribution in [-0.4, -0.2) is 218 Å². The molecule has 0 saturated carbocycles. The average Bonchev–Trinajstić information content (AvgIpc) is 0.839. The van der Waals surface area contributed by atoms with Crippen LogP contribution in [0.1, 0.15) is 173 Å². The number of alkyl halides is 6. The second-order valence-corrected chi connectivity index (χ2v) is 46.2. The zero-order valence-electron chi connectivity index (χ0n) is 77.7. The van der Waals surface area contributed by atoms with E-state index < -0.39 is 92.7 Å². The Morgan fingerprint density at radius 3 is 0.888 bits per heavy atom. The van der Waals surface area contributed by atoms with Gasteiger partial charge in [-0.05, 0) is 306 Å². The van der Waals surface area contributed by atoms with Crippen molar-refractivity contribution in [1.29, 1.82) is 0 Å². The van der Waals surface area contributed by atoms with Crippen molar-refractivity contribution in [2.45, 2.75) is 233 Å². The standard InChI is InChI=1S/2C31H39ClF3N5O4S.C31H42ClN5O5S2/c2*1-18(2)44-26-15-22(21-10-12-40(13-11-21)17-28(41)31(33,34)35)20(5)14-25(26)38-30-36-16-23(32)29(39-30)37-24-8-6-7-9-27(24)45(42,43)19(3)4;1-20(2)42-28-18-24(23-11-13-37(14-12-23)15-16-43(6,38)39)22(5)17-27(28)35-31-33-19-25(32)30(36-31)34-26-9-7-8-10-29(26)44(40,41)21(3)4/h2*6-9,14-16,18-19,21,28,41H,10-13,17H2,1-5H3,(H2,36,37,38,39);7-10,17-21,23H,11-16H2,1-6H3,(H2,33,34,35,36)/t2*28-;/m10./s1. The van der Waals surface area contributed by atoms with Crippen LogP contribution < -0.4 is 46.1 Å². The summed E-state index contributed by atoms with van der Waals surface area (Å²) in [5.74, 6) is 3.85. The highest BCUT2D eigenvalue weighted by Gasteiger charge is 2.42. The van der Waals surface area contributed by atoms with Crippen LogP contribution in [0.3, 0.4) is 0 Å². The fourth-order valence-corrected chi connectivity index (χ4v) is 20.2. The molecule has 3 aromatic heterocycles. The fraction of sp³-hybridized carbons (Fsp3) is 0.484. The van der Waals surface area contributed by atoms with E-state index in [1.54, 1.807) is 112 Å². The molecule has 9 aromatic rings. The van der Waals surface area contributed by atoms with Crippen LogP contribution in [0.25, 0.3) is 0 Å². The van der Waals surface area contributed by atoms with E-state index in [1.165, 1.54) is 42.5 Å². The van der Waals surface area contributed by atoms with Crippen LogP contribution in [0, 0.1) is 20.8 Å². The molecule has 0 radical (unpaired) electrons. The molecule has 6 heterocycles. The summed E-state index contributed by atoms with van der Waals surface area (Å²) in [5, 5.41) is 36.6. The lowest BCUT2D eigenvalue weighted by Crippen LogP contribution is -2.44. The van der Waals surface area contributed by atoms with E-state index in [0.29, 0.717) is 116 Å². The number of piperidine rings is 3. The zero-order chi connectivity index (χ0) is 98.4. The van der Waals surface area contributed by atoms with Crippen molar-refractivity contribution in [2.75, 3.05) is 103 Å². The smallest absolute Gasteiger partial charge is 0.415 e. The van der Waals surface area contributed by atoms with E-state index in [4.69, 9.17) is 49.0 Å². The Hall–Kier alpha value is -9.19. The molecule has 3 saturated heterocycles. The van der Waals surface area contributed by atoms with Gasteiger partial charge in [0.05, 0.1) is 107 Å². The van der Waals surface area contributed by atoms with E-state index in [9.17, 15) is 70.2 Å². The summed E-state index contributed by atoms with van der Waals surface area (Å²) in [7, 11) is -13.7. The number of nitrogens with one attached hydrogen (secondary N) is 6. The summed E-state index contributed by atoms with van der Waals surface area (Å²) in [5.41, 5.74) is 9.24. The lowest BCUT2D eigenvalue weighted by molar-refractivity contribution is -0.209. The Labute approximate surface area is 797 Å². The summed E-state index contributed by atoms with van der Waals surface area (Å²) in [6.45, 7) is 30.4. The van der Waals surface area contributed by atoms with E-state index in [2.05, 4.69) is 79.7 Å². The number of hydrogen-bond donors (Lipinski definition) is 8. The van der Waals surface area contributed by atoms with Crippen LogP contribution in [0.2, 0.25) is 15.1 Å². The first kappa shape index (κ1) is 107. The molecule has 28 nitrogen and oxygen atoms in total. The number of benzene rings is 6. The van der Waals surface area contributed by atoms with E-state index in [0.717, 1.165) is 53.7 Å². The molecular formula is C93H120Cl3F6N15O13S4. The van der Waals surface area contributed by atoms with Crippen molar-refractivity contribution in [3.05, 3.63) is 176 Å². The number of nitrogens with zero attached hydrogens (tertiary/aromatic N) is 9. The quantitative estimate of drug-likeness (QED) is 0.0174. The Morgan fingerprint density at radius 1 is 0.396 bits per heavy atom. The molecule has 3 aliphatic rings. The number of β-amino-alcohol motifs (C(OH)–C–C–N with tert-alkyl or cyclic N) is 2. The van der Waals surface area contributed by atoms with Gasteiger partial charge in [-0.15, -0.1) is 0 Å². The first-order chi connectivity index (χ1) is 62.7. The number of halogens is 9. The third-order valence-electron chi connectivity index (χ3n) is 22.8.